The molecular formula is C26H21N3O6S2. The van der Waals surface area contributed by atoms with E-state index in [0.717, 1.165) is 10.4 Å². The molecule has 0 radical (unpaired) electrons. The zero-order valence-corrected chi connectivity index (χ0v) is 21.7. The van der Waals surface area contributed by atoms with E-state index in [2.05, 4.69) is 4.99 Å². The lowest BCUT2D eigenvalue weighted by Crippen LogP contribution is -2.39. The molecule has 0 N–H and O–H groups in total. The van der Waals surface area contributed by atoms with Crippen LogP contribution in [0.25, 0.3) is 17.4 Å². The van der Waals surface area contributed by atoms with Crippen molar-refractivity contribution in [3.05, 3.63) is 105 Å². The molecule has 188 valence electrons. The Hall–Kier alpha value is -4.09. The molecule has 0 saturated heterocycles. The molecule has 9 nitrogen and oxygen atoms in total. The average Bonchev–Trinajstić information content (AvgIpc) is 3.60. The van der Waals surface area contributed by atoms with Gasteiger partial charge in [-0.05, 0) is 56.0 Å². The second kappa shape index (κ2) is 9.75. The number of rotatable bonds is 6. The van der Waals surface area contributed by atoms with E-state index in [9.17, 15) is 19.7 Å². The summed E-state index contributed by atoms with van der Waals surface area (Å²) >= 11 is 2.67. The normalized spacial score (nSPS) is 15.4. The highest BCUT2D eigenvalue weighted by atomic mass is 32.1. The Balaban J connectivity index is 1.59. The van der Waals surface area contributed by atoms with Crippen LogP contribution in [0, 0.1) is 17.0 Å². The topological polar surface area (TPSA) is 117 Å². The van der Waals surface area contributed by atoms with Gasteiger partial charge in [-0.1, -0.05) is 17.4 Å². The van der Waals surface area contributed by atoms with Crippen LogP contribution in [0.3, 0.4) is 0 Å². The molecule has 37 heavy (non-hydrogen) atoms. The van der Waals surface area contributed by atoms with E-state index in [0.29, 0.717) is 37.7 Å². The van der Waals surface area contributed by atoms with Crippen LogP contribution in [-0.4, -0.2) is 22.1 Å². The molecule has 11 heteroatoms. The molecule has 5 rings (SSSR count). The number of furan rings is 1. The number of thiazole rings is 1. The fourth-order valence-electron chi connectivity index (χ4n) is 4.25. The Morgan fingerprint density at radius 2 is 2.08 bits per heavy atom. The number of nitro groups is 1. The van der Waals surface area contributed by atoms with E-state index in [1.807, 2.05) is 17.5 Å². The highest BCUT2D eigenvalue weighted by molar-refractivity contribution is 7.10. The van der Waals surface area contributed by atoms with Crippen LogP contribution >= 0.6 is 22.7 Å². The lowest BCUT2D eigenvalue weighted by molar-refractivity contribution is -0.384. The number of benzene rings is 1. The van der Waals surface area contributed by atoms with Crippen molar-refractivity contribution in [2.24, 2.45) is 4.99 Å². The molecule has 0 unspecified atom stereocenters. The second-order valence-corrected chi connectivity index (χ2v) is 10.3. The van der Waals surface area contributed by atoms with Gasteiger partial charge < -0.3 is 9.15 Å². The minimum Gasteiger partial charge on any atom is -0.463 e. The molecule has 4 aromatic rings. The SMILES string of the molecule is CCOC(=O)C1=C(C)N=c2s/c(=C\c3ccc(-c4ccc([N+](=O)[O-])cc4C)o3)c(=O)n2[C@@H]1c1cccs1. The molecule has 0 spiro atoms. The Morgan fingerprint density at radius 3 is 2.76 bits per heavy atom. The number of non-ortho nitro benzene ring substituents is 1. The lowest BCUT2D eigenvalue weighted by Gasteiger charge is -2.23. The van der Waals surface area contributed by atoms with E-state index in [1.54, 1.807) is 45.0 Å². The number of allylic oxidation sites excluding steroid dienone is 1. The average molecular weight is 536 g/mol. The summed E-state index contributed by atoms with van der Waals surface area (Å²) in [5.74, 6) is 0.487. The summed E-state index contributed by atoms with van der Waals surface area (Å²) < 4.78 is 13.2. The zero-order chi connectivity index (χ0) is 26.3. The number of carbonyl (C=O) groups is 1. The van der Waals surface area contributed by atoms with Crippen LogP contribution in [-0.2, 0) is 9.53 Å². The van der Waals surface area contributed by atoms with Crippen molar-refractivity contribution in [3.8, 4) is 11.3 Å². The van der Waals surface area contributed by atoms with E-state index >= 15 is 0 Å². The second-order valence-electron chi connectivity index (χ2n) is 8.28. The van der Waals surface area contributed by atoms with E-state index in [4.69, 9.17) is 9.15 Å². The number of thiophene rings is 1. The Bertz CT molecular complexity index is 1740. The van der Waals surface area contributed by atoms with Gasteiger partial charge in [-0.25, -0.2) is 9.79 Å². The molecule has 0 saturated carbocycles. The molecule has 3 aromatic heterocycles. The third kappa shape index (κ3) is 4.47. The number of carbonyl (C=O) groups excluding carboxylic acids is 1. The first-order valence-corrected chi connectivity index (χ1v) is 13.1. The Morgan fingerprint density at radius 1 is 1.27 bits per heavy atom. The molecule has 1 atom stereocenters. The summed E-state index contributed by atoms with van der Waals surface area (Å²) in [6.45, 7) is 5.47. The highest BCUT2D eigenvalue weighted by Gasteiger charge is 2.33. The van der Waals surface area contributed by atoms with E-state index in [-0.39, 0.29) is 17.9 Å². The summed E-state index contributed by atoms with van der Waals surface area (Å²) in [5.41, 5.74) is 2.00. The monoisotopic (exact) mass is 535 g/mol. The van der Waals surface area contributed by atoms with Crippen LogP contribution in [0.2, 0.25) is 0 Å². The third-order valence-electron chi connectivity index (χ3n) is 5.92. The number of ether oxygens (including phenoxy) is 1. The van der Waals surface area contributed by atoms with Gasteiger partial charge in [0.05, 0.1) is 27.3 Å². The van der Waals surface area contributed by atoms with Crippen molar-refractivity contribution in [2.75, 3.05) is 6.61 Å². The maximum atomic E-state index is 13.6. The number of nitro benzene ring substituents is 1. The predicted octanol–water partition coefficient (Wildman–Crippen LogP) is 4.34. The van der Waals surface area contributed by atoms with Gasteiger partial charge in [0.1, 0.15) is 17.6 Å². The van der Waals surface area contributed by atoms with Gasteiger partial charge in [0, 0.05) is 28.6 Å². The minimum atomic E-state index is -0.632. The highest BCUT2D eigenvalue weighted by Crippen LogP contribution is 2.33. The van der Waals surface area contributed by atoms with Gasteiger partial charge in [0.2, 0.25) is 0 Å². The summed E-state index contributed by atoms with van der Waals surface area (Å²) in [4.78, 5) is 42.9. The van der Waals surface area contributed by atoms with E-state index < -0.39 is 16.9 Å². The fraction of sp³-hybridized carbons (Fsp3) is 0.192. The van der Waals surface area contributed by atoms with Crippen LogP contribution in [0.5, 0.6) is 0 Å². The predicted molar refractivity (Wildman–Crippen MR) is 140 cm³/mol. The largest absolute Gasteiger partial charge is 0.463 e. The third-order valence-corrected chi connectivity index (χ3v) is 7.82. The number of aryl methyl sites for hydroxylation is 1. The molecule has 0 amide bonds. The number of aromatic nitrogens is 1. The van der Waals surface area contributed by atoms with Crippen LogP contribution in [0.1, 0.15) is 36.1 Å². The Labute approximate surface area is 218 Å². The van der Waals surface area contributed by atoms with Gasteiger partial charge >= 0.3 is 5.97 Å². The molecule has 0 bridgehead atoms. The van der Waals surface area contributed by atoms with E-state index in [1.165, 1.54) is 39.4 Å². The number of nitrogens with zero attached hydrogens (tertiary/aromatic N) is 3. The van der Waals surface area contributed by atoms with Gasteiger partial charge in [0.25, 0.3) is 11.2 Å². The van der Waals surface area contributed by atoms with Crippen molar-refractivity contribution in [1.82, 2.24) is 4.57 Å². The van der Waals surface area contributed by atoms with Gasteiger partial charge in [0.15, 0.2) is 4.80 Å². The number of hydrogen-bond donors (Lipinski definition) is 0. The number of fused-ring (bicyclic) bond motifs is 1. The quantitative estimate of drug-likeness (QED) is 0.206. The molecule has 1 aliphatic heterocycles. The summed E-state index contributed by atoms with van der Waals surface area (Å²) in [6.07, 6.45) is 1.64. The first-order chi connectivity index (χ1) is 17.8. The maximum Gasteiger partial charge on any atom is 0.338 e. The Kier molecular flexibility index (Phi) is 6.48. The van der Waals surface area contributed by atoms with Crippen molar-refractivity contribution in [1.29, 1.82) is 0 Å². The molecule has 0 fully saturated rings. The summed E-state index contributed by atoms with van der Waals surface area (Å²) in [6, 6.07) is 11.2. The molecular weight excluding hydrogens is 514 g/mol. The molecule has 0 aliphatic carbocycles. The smallest absolute Gasteiger partial charge is 0.338 e. The fourth-order valence-corrected chi connectivity index (χ4v) is 6.10. The van der Waals surface area contributed by atoms with Crippen molar-refractivity contribution >= 4 is 40.4 Å². The van der Waals surface area contributed by atoms with Crippen LogP contribution < -0.4 is 14.9 Å². The molecule has 1 aromatic carbocycles. The van der Waals surface area contributed by atoms with Crippen molar-refractivity contribution in [3.63, 3.8) is 0 Å². The zero-order valence-electron chi connectivity index (χ0n) is 20.1. The molecule has 4 heterocycles. The van der Waals surface area contributed by atoms with Crippen LogP contribution in [0.15, 0.2) is 73.3 Å². The van der Waals surface area contributed by atoms with Crippen molar-refractivity contribution in [2.45, 2.75) is 26.8 Å². The molecule has 1 aliphatic rings. The van der Waals surface area contributed by atoms with Gasteiger partial charge in [-0.15, -0.1) is 11.3 Å². The lowest BCUT2D eigenvalue weighted by atomic mass is 10.0. The standard InChI is InChI=1S/C26H21N3O6S2/c1-4-34-25(31)22-15(3)27-26-28(23(22)20-6-5-11-36-20)24(30)21(37-26)13-17-8-10-19(35-17)18-9-7-16(29(32)33)12-14(18)2/h5-13,23H,4H2,1-3H3/b21-13-/t23-/m1/s1. The number of esters is 1. The minimum absolute atomic E-state index is 0.00640. The number of hydrogen-bond acceptors (Lipinski definition) is 9. The van der Waals surface area contributed by atoms with Gasteiger partial charge in [-0.3, -0.25) is 19.5 Å². The van der Waals surface area contributed by atoms with Crippen molar-refractivity contribution < 1.29 is 18.9 Å². The summed E-state index contributed by atoms with van der Waals surface area (Å²) in [5, 5.41) is 12.9. The maximum absolute atomic E-state index is 13.6. The first-order valence-electron chi connectivity index (χ1n) is 11.4. The first kappa shape index (κ1) is 24.6. The summed E-state index contributed by atoms with van der Waals surface area (Å²) in [7, 11) is 0. The van der Waals surface area contributed by atoms with Crippen LogP contribution in [0.4, 0.5) is 5.69 Å². The van der Waals surface area contributed by atoms with Gasteiger partial charge in [-0.2, -0.15) is 0 Å².